The lowest BCUT2D eigenvalue weighted by molar-refractivity contribution is -0.138. The van der Waals surface area contributed by atoms with Crippen LogP contribution in [0.5, 0.6) is 0 Å². The highest BCUT2D eigenvalue weighted by Gasteiger charge is 2.47. The molecular weight excluding hydrogens is 388 g/mol. The van der Waals surface area contributed by atoms with Crippen LogP contribution in [-0.4, -0.2) is 83.5 Å². The first-order chi connectivity index (χ1) is 14.4. The van der Waals surface area contributed by atoms with E-state index in [1.807, 2.05) is 6.92 Å². The molecule has 0 aromatic rings. The van der Waals surface area contributed by atoms with Gasteiger partial charge in [-0.15, -0.1) is 0 Å². The molecule has 6 N–H and O–H groups in total. The van der Waals surface area contributed by atoms with Crippen LogP contribution in [0.4, 0.5) is 4.79 Å². The molecule has 0 radical (unpaired) electrons. The van der Waals surface area contributed by atoms with Crippen LogP contribution in [0.25, 0.3) is 0 Å². The maximum atomic E-state index is 13.1. The number of imide groups is 2. The molecule has 2 saturated heterocycles. The van der Waals surface area contributed by atoms with Crippen molar-refractivity contribution in [2.75, 3.05) is 32.8 Å². The van der Waals surface area contributed by atoms with E-state index in [1.54, 1.807) is 0 Å². The van der Waals surface area contributed by atoms with Crippen molar-refractivity contribution >= 4 is 17.8 Å². The van der Waals surface area contributed by atoms with Crippen molar-refractivity contribution in [1.29, 1.82) is 0 Å². The minimum absolute atomic E-state index is 0.246. The molecule has 0 aromatic carbocycles. The summed E-state index contributed by atoms with van der Waals surface area (Å²) in [6.07, 6.45) is 4.50. The summed E-state index contributed by atoms with van der Waals surface area (Å²) < 4.78 is 5.34. The molecular formula is C20H34N6O4. The van der Waals surface area contributed by atoms with E-state index in [1.165, 1.54) is 4.90 Å². The van der Waals surface area contributed by atoms with Gasteiger partial charge in [-0.2, -0.15) is 0 Å². The van der Waals surface area contributed by atoms with Gasteiger partial charge in [0, 0.05) is 31.7 Å². The number of nitrogens with two attached hydrogens (primary N) is 3. The largest absolute Gasteiger partial charge is 0.385 e. The van der Waals surface area contributed by atoms with E-state index in [2.05, 4.69) is 4.90 Å². The summed E-state index contributed by atoms with van der Waals surface area (Å²) in [5, 5.41) is 0. The summed E-state index contributed by atoms with van der Waals surface area (Å²) in [6.45, 7) is 5.05. The predicted molar refractivity (Wildman–Crippen MR) is 111 cm³/mol. The monoisotopic (exact) mass is 422 g/mol. The SMILES string of the molecule is CCCCN1C(=O)C(=C(N)N)C(=O)N(C2CCC(N(CCN)C3COC3)CC2)C1=O. The Kier molecular flexibility index (Phi) is 7.32. The van der Waals surface area contributed by atoms with E-state index in [0.717, 1.165) is 43.9 Å². The molecule has 10 heteroatoms. The molecule has 0 aromatic heterocycles. The van der Waals surface area contributed by atoms with Crippen molar-refractivity contribution in [1.82, 2.24) is 14.7 Å². The van der Waals surface area contributed by atoms with E-state index in [-0.39, 0.29) is 24.0 Å². The van der Waals surface area contributed by atoms with E-state index >= 15 is 0 Å². The molecule has 10 nitrogen and oxygen atoms in total. The lowest BCUT2D eigenvalue weighted by atomic mass is 9.87. The quantitative estimate of drug-likeness (QED) is 0.356. The van der Waals surface area contributed by atoms with Gasteiger partial charge in [-0.05, 0) is 32.1 Å². The summed E-state index contributed by atoms with van der Waals surface area (Å²) >= 11 is 0. The molecule has 30 heavy (non-hydrogen) atoms. The third kappa shape index (κ3) is 4.30. The summed E-state index contributed by atoms with van der Waals surface area (Å²) in [4.78, 5) is 43.4. The molecule has 168 valence electrons. The topological polar surface area (TPSA) is 148 Å². The Hall–Kier alpha value is -2.17. The second-order valence-corrected chi connectivity index (χ2v) is 8.28. The van der Waals surface area contributed by atoms with E-state index in [0.29, 0.717) is 37.9 Å². The second-order valence-electron chi connectivity index (χ2n) is 8.28. The zero-order valence-electron chi connectivity index (χ0n) is 17.7. The van der Waals surface area contributed by atoms with Crippen LogP contribution in [0.15, 0.2) is 11.4 Å². The van der Waals surface area contributed by atoms with Crippen LogP contribution in [0.2, 0.25) is 0 Å². The van der Waals surface area contributed by atoms with Crippen LogP contribution in [0.3, 0.4) is 0 Å². The van der Waals surface area contributed by atoms with Crippen molar-refractivity contribution in [3.8, 4) is 0 Å². The van der Waals surface area contributed by atoms with Crippen molar-refractivity contribution in [3.63, 3.8) is 0 Å². The number of amides is 4. The average molecular weight is 423 g/mol. The van der Waals surface area contributed by atoms with Gasteiger partial charge in [-0.3, -0.25) is 24.3 Å². The molecule has 0 bridgehead atoms. The van der Waals surface area contributed by atoms with Crippen LogP contribution in [0.1, 0.15) is 45.4 Å². The molecule has 2 aliphatic heterocycles. The third-order valence-electron chi connectivity index (χ3n) is 6.33. The number of urea groups is 1. The smallest absolute Gasteiger partial charge is 0.334 e. The van der Waals surface area contributed by atoms with Crippen molar-refractivity contribution in [2.24, 2.45) is 17.2 Å². The van der Waals surface area contributed by atoms with Gasteiger partial charge in [0.2, 0.25) is 0 Å². The summed E-state index contributed by atoms with van der Waals surface area (Å²) in [7, 11) is 0. The molecule has 1 aliphatic carbocycles. The van der Waals surface area contributed by atoms with Gasteiger partial charge in [0.25, 0.3) is 11.8 Å². The Labute approximate surface area is 177 Å². The number of unbranched alkanes of at least 4 members (excludes halogenated alkanes) is 1. The van der Waals surface area contributed by atoms with Gasteiger partial charge < -0.3 is 21.9 Å². The maximum absolute atomic E-state index is 13.1. The van der Waals surface area contributed by atoms with Crippen molar-refractivity contribution in [2.45, 2.75) is 63.6 Å². The molecule has 1 saturated carbocycles. The summed E-state index contributed by atoms with van der Waals surface area (Å²) in [5.41, 5.74) is 16.8. The first kappa shape index (κ1) is 22.5. The fraction of sp³-hybridized carbons (Fsp3) is 0.750. The zero-order valence-corrected chi connectivity index (χ0v) is 17.7. The standard InChI is InChI=1S/C20H34N6O4/c1-2-3-9-25-18(27)16(17(22)23)19(28)26(20(25)29)14-6-4-13(5-7-14)24(10-8-21)15-11-30-12-15/h13-15H,2-12,21-23H2,1H3. The van der Waals surface area contributed by atoms with E-state index in [4.69, 9.17) is 21.9 Å². The number of rotatable bonds is 8. The predicted octanol–water partition coefficient (Wildman–Crippen LogP) is -0.323. The second kappa shape index (κ2) is 9.76. The highest BCUT2D eigenvalue weighted by molar-refractivity contribution is 6.29. The summed E-state index contributed by atoms with van der Waals surface area (Å²) in [6, 6.07) is -0.0912. The van der Waals surface area contributed by atoms with Crippen molar-refractivity contribution < 1.29 is 19.1 Å². The fourth-order valence-electron chi connectivity index (χ4n) is 4.61. The fourth-order valence-corrected chi connectivity index (χ4v) is 4.61. The third-order valence-corrected chi connectivity index (χ3v) is 6.33. The van der Waals surface area contributed by atoms with Gasteiger partial charge >= 0.3 is 6.03 Å². The number of nitrogens with zero attached hydrogens (tertiary/aromatic N) is 3. The van der Waals surface area contributed by atoms with Crippen LogP contribution in [0, 0.1) is 0 Å². The van der Waals surface area contributed by atoms with Crippen LogP contribution >= 0.6 is 0 Å². The Morgan fingerprint density at radius 1 is 1.07 bits per heavy atom. The lowest BCUT2D eigenvalue weighted by Gasteiger charge is -2.46. The van der Waals surface area contributed by atoms with Gasteiger partial charge in [-0.1, -0.05) is 13.3 Å². The molecule has 3 fully saturated rings. The van der Waals surface area contributed by atoms with Gasteiger partial charge in [0.1, 0.15) is 11.4 Å². The minimum atomic E-state index is -0.692. The number of barbiturate groups is 1. The Balaban J connectivity index is 1.74. The van der Waals surface area contributed by atoms with Gasteiger partial charge in [0.15, 0.2) is 0 Å². The molecule has 2 heterocycles. The number of hydrogen-bond acceptors (Lipinski definition) is 8. The van der Waals surface area contributed by atoms with E-state index < -0.39 is 17.8 Å². The molecule has 4 amide bonds. The minimum Gasteiger partial charge on any atom is -0.385 e. The number of ether oxygens (including phenoxy) is 1. The molecule has 0 spiro atoms. The number of carbonyl (C=O) groups excluding carboxylic acids is 3. The van der Waals surface area contributed by atoms with Crippen LogP contribution in [-0.2, 0) is 14.3 Å². The summed E-state index contributed by atoms with van der Waals surface area (Å²) in [5.74, 6) is -1.70. The lowest BCUT2D eigenvalue weighted by Crippen LogP contribution is -2.62. The zero-order chi connectivity index (χ0) is 21.8. The maximum Gasteiger partial charge on any atom is 0.334 e. The highest BCUT2D eigenvalue weighted by Crippen LogP contribution is 2.32. The Morgan fingerprint density at radius 2 is 1.73 bits per heavy atom. The van der Waals surface area contributed by atoms with Gasteiger partial charge in [0.05, 0.1) is 19.3 Å². The van der Waals surface area contributed by atoms with Crippen LogP contribution < -0.4 is 17.2 Å². The number of hydrogen-bond donors (Lipinski definition) is 3. The average Bonchev–Trinajstić information content (AvgIpc) is 2.66. The first-order valence-electron chi connectivity index (χ1n) is 10.9. The Morgan fingerprint density at radius 3 is 2.23 bits per heavy atom. The van der Waals surface area contributed by atoms with E-state index in [9.17, 15) is 14.4 Å². The molecule has 0 unspecified atom stereocenters. The molecule has 0 atom stereocenters. The molecule has 3 aliphatic rings. The van der Waals surface area contributed by atoms with Gasteiger partial charge in [-0.25, -0.2) is 4.79 Å². The Bertz CT molecular complexity index is 695. The molecule has 3 rings (SSSR count). The highest BCUT2D eigenvalue weighted by atomic mass is 16.5. The normalized spacial score (nSPS) is 25.8. The van der Waals surface area contributed by atoms with Crippen molar-refractivity contribution in [3.05, 3.63) is 11.4 Å². The number of carbonyl (C=O) groups is 3. The first-order valence-corrected chi connectivity index (χ1v) is 10.9.